The Hall–Kier alpha value is -1.62. The zero-order valence-corrected chi connectivity index (χ0v) is 10.0. The van der Waals surface area contributed by atoms with Crippen LogP contribution in [0.2, 0.25) is 0 Å². The van der Waals surface area contributed by atoms with E-state index in [1.807, 2.05) is 30.3 Å². The van der Waals surface area contributed by atoms with Crippen LogP contribution in [0.25, 0.3) is 0 Å². The van der Waals surface area contributed by atoms with Gasteiger partial charge in [-0.25, -0.2) is 4.98 Å². The van der Waals surface area contributed by atoms with Crippen molar-refractivity contribution in [1.29, 1.82) is 0 Å². The second-order valence-electron chi connectivity index (χ2n) is 3.16. The summed E-state index contributed by atoms with van der Waals surface area (Å²) in [7, 11) is 0. The van der Waals surface area contributed by atoms with Gasteiger partial charge in [-0.1, -0.05) is 30.3 Å². The Morgan fingerprint density at radius 3 is 2.69 bits per heavy atom. The number of hydrogen-bond donors (Lipinski definition) is 1. The van der Waals surface area contributed by atoms with Crippen molar-refractivity contribution in [2.24, 2.45) is 0 Å². The highest BCUT2D eigenvalue weighted by atomic mass is 79.9. The van der Waals surface area contributed by atoms with Crippen LogP contribution in [0.4, 0.5) is 5.82 Å². The topological polar surface area (TPSA) is 61.0 Å². The number of benzene rings is 1. The summed E-state index contributed by atoms with van der Waals surface area (Å²) >= 11 is 3.22. The first-order valence-corrected chi connectivity index (χ1v) is 5.50. The van der Waals surface area contributed by atoms with Crippen molar-refractivity contribution in [3.8, 4) is 6.01 Å². The molecule has 0 saturated carbocycles. The van der Waals surface area contributed by atoms with Gasteiger partial charge in [0.25, 0.3) is 0 Å². The minimum absolute atomic E-state index is 0.282. The summed E-state index contributed by atoms with van der Waals surface area (Å²) < 4.78 is 6.07. The highest BCUT2D eigenvalue weighted by Gasteiger charge is 2.02. The normalized spacial score (nSPS) is 10.1. The predicted molar refractivity (Wildman–Crippen MR) is 64.9 cm³/mol. The molecule has 2 rings (SSSR count). The van der Waals surface area contributed by atoms with Crippen molar-refractivity contribution in [3.63, 3.8) is 0 Å². The van der Waals surface area contributed by atoms with Crippen molar-refractivity contribution in [2.45, 2.75) is 6.61 Å². The Labute approximate surface area is 102 Å². The quantitative estimate of drug-likeness (QED) is 0.937. The van der Waals surface area contributed by atoms with Gasteiger partial charge < -0.3 is 10.5 Å². The molecule has 2 N–H and O–H groups in total. The fourth-order valence-corrected chi connectivity index (χ4v) is 1.35. The molecule has 0 bridgehead atoms. The lowest BCUT2D eigenvalue weighted by Crippen LogP contribution is -2.01. The molecule has 0 atom stereocenters. The zero-order chi connectivity index (χ0) is 11.4. The SMILES string of the molecule is Nc1nc(OCc2ccccc2)ncc1Br. The lowest BCUT2D eigenvalue weighted by atomic mass is 10.2. The van der Waals surface area contributed by atoms with Crippen LogP contribution in [0.1, 0.15) is 5.56 Å². The van der Waals surface area contributed by atoms with E-state index in [4.69, 9.17) is 10.5 Å². The minimum Gasteiger partial charge on any atom is -0.459 e. The Kier molecular flexibility index (Phi) is 3.36. The first-order chi connectivity index (χ1) is 7.75. The lowest BCUT2D eigenvalue weighted by Gasteiger charge is -2.05. The van der Waals surface area contributed by atoms with Crippen LogP contribution in [0.15, 0.2) is 41.0 Å². The number of aromatic nitrogens is 2. The number of nitrogen functional groups attached to an aromatic ring is 1. The van der Waals surface area contributed by atoms with Gasteiger partial charge in [-0.3, -0.25) is 0 Å². The maximum Gasteiger partial charge on any atom is 0.318 e. The van der Waals surface area contributed by atoms with Gasteiger partial charge in [-0.2, -0.15) is 4.98 Å². The number of nitrogens with two attached hydrogens (primary N) is 1. The van der Waals surface area contributed by atoms with Gasteiger partial charge in [-0.05, 0) is 21.5 Å². The van der Waals surface area contributed by atoms with Crippen molar-refractivity contribution < 1.29 is 4.74 Å². The standard InChI is InChI=1S/C11H10BrN3O/c12-9-6-14-11(15-10(9)13)16-7-8-4-2-1-3-5-8/h1-6H,7H2,(H2,13,14,15). The van der Waals surface area contributed by atoms with E-state index in [0.29, 0.717) is 16.9 Å². The summed E-state index contributed by atoms with van der Waals surface area (Å²) in [6, 6.07) is 10.1. The average Bonchev–Trinajstić information content (AvgIpc) is 2.32. The Morgan fingerprint density at radius 1 is 1.25 bits per heavy atom. The molecular formula is C11H10BrN3O. The van der Waals surface area contributed by atoms with Crippen molar-refractivity contribution >= 4 is 21.7 Å². The summed E-state index contributed by atoms with van der Waals surface area (Å²) in [5.74, 6) is 0.373. The highest BCUT2D eigenvalue weighted by molar-refractivity contribution is 9.10. The monoisotopic (exact) mass is 279 g/mol. The highest BCUT2D eigenvalue weighted by Crippen LogP contribution is 2.17. The van der Waals surface area contributed by atoms with Gasteiger partial charge in [0, 0.05) is 0 Å². The Bertz CT molecular complexity index is 476. The van der Waals surface area contributed by atoms with Crippen LogP contribution in [0, 0.1) is 0 Å². The Balaban J connectivity index is 2.03. The van der Waals surface area contributed by atoms with Crippen LogP contribution >= 0.6 is 15.9 Å². The van der Waals surface area contributed by atoms with E-state index < -0.39 is 0 Å². The smallest absolute Gasteiger partial charge is 0.318 e. The molecule has 1 heterocycles. The number of ether oxygens (including phenoxy) is 1. The zero-order valence-electron chi connectivity index (χ0n) is 8.43. The largest absolute Gasteiger partial charge is 0.459 e. The van der Waals surface area contributed by atoms with Gasteiger partial charge in [0.15, 0.2) is 0 Å². The third-order valence-electron chi connectivity index (χ3n) is 1.96. The summed E-state index contributed by atoms with van der Waals surface area (Å²) in [5, 5.41) is 0. The van der Waals surface area contributed by atoms with Crippen LogP contribution in [-0.2, 0) is 6.61 Å². The first-order valence-electron chi connectivity index (χ1n) is 4.70. The van der Waals surface area contributed by atoms with Crippen molar-refractivity contribution in [1.82, 2.24) is 9.97 Å². The van der Waals surface area contributed by atoms with Gasteiger partial charge in [0.1, 0.15) is 12.4 Å². The minimum atomic E-state index is 0.282. The number of rotatable bonds is 3. The fourth-order valence-electron chi connectivity index (χ4n) is 1.16. The lowest BCUT2D eigenvalue weighted by molar-refractivity contribution is 0.281. The number of hydrogen-bond acceptors (Lipinski definition) is 4. The molecule has 5 heteroatoms. The third-order valence-corrected chi connectivity index (χ3v) is 2.57. The van der Waals surface area contributed by atoms with Gasteiger partial charge in [-0.15, -0.1) is 0 Å². The molecule has 16 heavy (non-hydrogen) atoms. The molecule has 0 unspecified atom stereocenters. The van der Waals surface area contributed by atoms with Crippen LogP contribution in [0.3, 0.4) is 0 Å². The second kappa shape index (κ2) is 4.94. The van der Waals surface area contributed by atoms with Crippen LogP contribution in [-0.4, -0.2) is 9.97 Å². The summed E-state index contributed by atoms with van der Waals surface area (Å²) in [5.41, 5.74) is 6.67. The maximum atomic E-state index is 5.61. The molecule has 0 radical (unpaired) electrons. The molecular weight excluding hydrogens is 270 g/mol. The van der Waals surface area contributed by atoms with Crippen LogP contribution in [0.5, 0.6) is 6.01 Å². The molecule has 0 aliphatic heterocycles. The first kappa shape index (κ1) is 10.9. The molecule has 82 valence electrons. The molecule has 2 aromatic rings. The molecule has 0 aliphatic carbocycles. The van der Waals surface area contributed by atoms with Crippen molar-refractivity contribution in [2.75, 3.05) is 5.73 Å². The van der Waals surface area contributed by atoms with E-state index in [-0.39, 0.29) is 6.01 Å². The predicted octanol–water partition coefficient (Wildman–Crippen LogP) is 2.40. The molecule has 0 saturated heterocycles. The van der Waals surface area contributed by atoms with E-state index in [9.17, 15) is 0 Å². The van der Waals surface area contributed by atoms with E-state index in [1.54, 1.807) is 6.20 Å². The maximum absolute atomic E-state index is 5.61. The average molecular weight is 280 g/mol. The van der Waals surface area contributed by atoms with Gasteiger partial charge in [0.2, 0.25) is 0 Å². The van der Waals surface area contributed by atoms with Gasteiger partial charge in [0.05, 0.1) is 10.7 Å². The fraction of sp³-hybridized carbons (Fsp3) is 0.0909. The van der Waals surface area contributed by atoms with E-state index >= 15 is 0 Å². The third kappa shape index (κ3) is 2.70. The number of anilines is 1. The van der Waals surface area contributed by atoms with Gasteiger partial charge >= 0.3 is 6.01 Å². The van der Waals surface area contributed by atoms with Crippen LogP contribution < -0.4 is 10.5 Å². The summed E-state index contributed by atoms with van der Waals surface area (Å²) in [6.45, 7) is 0.432. The number of halogens is 1. The summed E-state index contributed by atoms with van der Waals surface area (Å²) in [4.78, 5) is 7.98. The Morgan fingerprint density at radius 2 is 2.00 bits per heavy atom. The molecule has 0 fully saturated rings. The number of nitrogens with zero attached hydrogens (tertiary/aromatic N) is 2. The molecule has 0 amide bonds. The van der Waals surface area contributed by atoms with E-state index in [1.165, 1.54) is 0 Å². The van der Waals surface area contributed by atoms with E-state index in [2.05, 4.69) is 25.9 Å². The molecule has 1 aromatic carbocycles. The molecule has 1 aromatic heterocycles. The molecule has 0 aliphatic rings. The molecule has 4 nitrogen and oxygen atoms in total. The molecule has 0 spiro atoms. The second-order valence-corrected chi connectivity index (χ2v) is 4.01. The summed E-state index contributed by atoms with van der Waals surface area (Å²) in [6.07, 6.45) is 1.57. The van der Waals surface area contributed by atoms with E-state index in [0.717, 1.165) is 5.56 Å². The van der Waals surface area contributed by atoms with Crippen molar-refractivity contribution in [3.05, 3.63) is 46.6 Å².